The molecule has 1 fully saturated rings. The number of benzene rings is 1. The highest BCUT2D eigenvalue weighted by Crippen LogP contribution is 2.46. The van der Waals surface area contributed by atoms with E-state index in [-0.39, 0.29) is 18.1 Å². The van der Waals surface area contributed by atoms with Gasteiger partial charge in [0, 0.05) is 32.0 Å². The molecule has 1 spiro atoms. The van der Waals surface area contributed by atoms with Crippen molar-refractivity contribution in [3.05, 3.63) is 85.3 Å². The number of aromatic nitrogens is 2. The van der Waals surface area contributed by atoms with Crippen molar-refractivity contribution in [1.82, 2.24) is 14.5 Å². The highest BCUT2D eigenvalue weighted by Gasteiger charge is 2.50. The van der Waals surface area contributed by atoms with E-state index >= 15 is 0 Å². The Morgan fingerprint density at radius 2 is 2.03 bits per heavy atom. The normalized spacial score (nSPS) is 19.5. The summed E-state index contributed by atoms with van der Waals surface area (Å²) in [6.07, 6.45) is 6.63. The summed E-state index contributed by atoms with van der Waals surface area (Å²) in [5, 5.41) is 0. The van der Waals surface area contributed by atoms with Gasteiger partial charge in [-0.25, -0.2) is 4.98 Å². The van der Waals surface area contributed by atoms with E-state index in [1.54, 1.807) is 0 Å². The summed E-state index contributed by atoms with van der Waals surface area (Å²) in [7, 11) is 0. The summed E-state index contributed by atoms with van der Waals surface area (Å²) in [4.78, 5) is 21.8. The monoisotopic (exact) mass is 400 g/mol. The molecule has 30 heavy (non-hydrogen) atoms. The molecule has 0 unspecified atom stereocenters. The third kappa shape index (κ3) is 2.87. The molecule has 6 nitrogen and oxygen atoms in total. The number of likely N-dealkylation sites (tertiary alicyclic amines) is 1. The second kappa shape index (κ2) is 7.37. The zero-order valence-electron chi connectivity index (χ0n) is 16.8. The van der Waals surface area contributed by atoms with Crippen LogP contribution in [0.2, 0.25) is 0 Å². The summed E-state index contributed by atoms with van der Waals surface area (Å²) >= 11 is 0. The summed E-state index contributed by atoms with van der Waals surface area (Å²) < 4.78 is 7.86. The molecular formula is C24H24N4O2. The number of rotatable bonds is 5. The highest BCUT2D eigenvalue weighted by atomic mass is 16.5. The molecule has 0 N–H and O–H groups in total. The second-order valence-electron chi connectivity index (χ2n) is 7.71. The van der Waals surface area contributed by atoms with Crippen LogP contribution < -0.4 is 9.64 Å². The molecular weight excluding hydrogens is 376 g/mol. The quantitative estimate of drug-likeness (QED) is 0.616. The minimum atomic E-state index is -0.309. The molecule has 0 radical (unpaired) electrons. The number of hydrogen-bond acceptors (Lipinski definition) is 4. The summed E-state index contributed by atoms with van der Waals surface area (Å²) in [5.74, 6) is 1.63. The maximum absolute atomic E-state index is 12.9. The van der Waals surface area contributed by atoms with Gasteiger partial charge in [-0.1, -0.05) is 24.3 Å². The number of fused-ring (bicyclic) bond motifs is 4. The minimum absolute atomic E-state index is 0.00405. The highest BCUT2D eigenvalue weighted by molar-refractivity contribution is 5.79. The summed E-state index contributed by atoms with van der Waals surface area (Å²) in [6.45, 7) is 6.00. The van der Waals surface area contributed by atoms with Gasteiger partial charge in [0.25, 0.3) is 5.91 Å². The first-order chi connectivity index (χ1) is 14.7. The third-order valence-electron chi connectivity index (χ3n) is 6.04. The van der Waals surface area contributed by atoms with Crippen molar-refractivity contribution in [2.24, 2.45) is 0 Å². The van der Waals surface area contributed by atoms with Crippen LogP contribution in [0, 0.1) is 0 Å². The number of pyridine rings is 1. The zero-order chi connectivity index (χ0) is 20.6. The smallest absolute Gasteiger partial charge is 0.260 e. The lowest BCUT2D eigenvalue weighted by atomic mass is 9.89. The number of amides is 1. The Balaban J connectivity index is 1.44. The topological polar surface area (TPSA) is 50.6 Å². The Morgan fingerprint density at radius 1 is 1.17 bits per heavy atom. The fourth-order valence-corrected chi connectivity index (χ4v) is 4.69. The molecule has 2 aliphatic rings. The standard InChI is InChI=1S/C24H24N4O2/c1-2-14-28-20-10-6-13-25-23(20)27-15-7-11-21(27)24(28)12-16-26(18-24)22(29)17-30-19-8-4-3-5-9-19/h2-11,13,15H,1,12,14,16-18H2/t24-/m1/s1. The Morgan fingerprint density at radius 3 is 2.87 bits per heavy atom. The number of para-hydroxylation sites is 1. The van der Waals surface area contributed by atoms with Crippen molar-refractivity contribution in [2.45, 2.75) is 12.0 Å². The van der Waals surface area contributed by atoms with E-state index in [0.717, 1.165) is 23.6 Å². The van der Waals surface area contributed by atoms with E-state index in [4.69, 9.17) is 4.74 Å². The van der Waals surface area contributed by atoms with Crippen molar-refractivity contribution in [2.75, 3.05) is 31.1 Å². The molecule has 4 heterocycles. The van der Waals surface area contributed by atoms with Gasteiger partial charge in [0.05, 0.1) is 11.4 Å². The van der Waals surface area contributed by atoms with Gasteiger partial charge in [0.2, 0.25) is 0 Å². The molecule has 1 amide bonds. The molecule has 6 heteroatoms. The van der Waals surface area contributed by atoms with E-state index in [1.165, 1.54) is 0 Å². The molecule has 1 saturated heterocycles. The number of hydrogen-bond donors (Lipinski definition) is 0. The minimum Gasteiger partial charge on any atom is -0.484 e. The molecule has 0 bridgehead atoms. The number of carbonyl (C=O) groups excluding carboxylic acids is 1. The lowest BCUT2D eigenvalue weighted by Gasteiger charge is -2.46. The van der Waals surface area contributed by atoms with Crippen LogP contribution in [-0.2, 0) is 10.3 Å². The third-order valence-corrected chi connectivity index (χ3v) is 6.04. The van der Waals surface area contributed by atoms with E-state index in [0.29, 0.717) is 25.4 Å². The first kappa shape index (κ1) is 18.5. The van der Waals surface area contributed by atoms with Crippen LogP contribution in [0.15, 0.2) is 79.6 Å². The average Bonchev–Trinajstić information content (AvgIpc) is 3.45. The van der Waals surface area contributed by atoms with Crippen molar-refractivity contribution in [3.63, 3.8) is 0 Å². The molecule has 0 aliphatic carbocycles. The molecule has 2 aliphatic heterocycles. The zero-order valence-corrected chi connectivity index (χ0v) is 16.8. The van der Waals surface area contributed by atoms with E-state index in [1.807, 2.05) is 53.6 Å². The molecule has 0 saturated carbocycles. The lowest BCUT2D eigenvalue weighted by molar-refractivity contribution is -0.132. The fourth-order valence-electron chi connectivity index (χ4n) is 4.69. The molecule has 1 atom stereocenters. The molecule has 1 aromatic carbocycles. The van der Waals surface area contributed by atoms with Gasteiger partial charge in [0.1, 0.15) is 11.3 Å². The van der Waals surface area contributed by atoms with E-state index in [9.17, 15) is 4.79 Å². The van der Waals surface area contributed by atoms with Crippen LogP contribution in [0.1, 0.15) is 12.1 Å². The summed E-state index contributed by atoms with van der Waals surface area (Å²) in [5.41, 5.74) is 1.92. The molecule has 152 valence electrons. The van der Waals surface area contributed by atoms with Crippen LogP contribution in [0.4, 0.5) is 5.69 Å². The van der Waals surface area contributed by atoms with Crippen molar-refractivity contribution < 1.29 is 9.53 Å². The molecule has 2 aromatic heterocycles. The van der Waals surface area contributed by atoms with Crippen molar-refractivity contribution in [3.8, 4) is 11.6 Å². The first-order valence-electron chi connectivity index (χ1n) is 10.2. The lowest BCUT2D eigenvalue weighted by Crippen LogP contribution is -2.53. The van der Waals surface area contributed by atoms with Crippen LogP contribution >= 0.6 is 0 Å². The van der Waals surface area contributed by atoms with Crippen LogP contribution in [0.3, 0.4) is 0 Å². The first-order valence-corrected chi connectivity index (χ1v) is 10.2. The predicted octanol–water partition coefficient (Wildman–Crippen LogP) is 3.38. The Bertz CT molecular complexity index is 1080. The van der Waals surface area contributed by atoms with Crippen LogP contribution in [0.25, 0.3) is 5.82 Å². The summed E-state index contributed by atoms with van der Waals surface area (Å²) in [6, 6.07) is 17.7. The number of nitrogens with zero attached hydrogens (tertiary/aromatic N) is 4. The SMILES string of the molecule is C=CCN1c2cccnc2-n2cccc2[C@]12CCN(C(=O)COc1ccccc1)C2. The number of ether oxygens (including phenoxy) is 1. The van der Waals surface area contributed by atoms with Gasteiger partial charge < -0.3 is 19.1 Å². The Kier molecular flexibility index (Phi) is 4.54. The van der Waals surface area contributed by atoms with E-state index < -0.39 is 0 Å². The molecule has 3 aromatic rings. The maximum Gasteiger partial charge on any atom is 0.260 e. The average molecular weight is 400 g/mol. The maximum atomic E-state index is 12.9. The second-order valence-corrected chi connectivity index (χ2v) is 7.71. The Labute approximate surface area is 176 Å². The van der Waals surface area contributed by atoms with Gasteiger partial charge >= 0.3 is 0 Å². The van der Waals surface area contributed by atoms with Gasteiger partial charge in [-0.3, -0.25) is 4.79 Å². The van der Waals surface area contributed by atoms with Crippen molar-refractivity contribution in [1.29, 1.82) is 0 Å². The van der Waals surface area contributed by atoms with Gasteiger partial charge in [-0.15, -0.1) is 6.58 Å². The molecule has 5 rings (SSSR count). The number of anilines is 1. The number of carbonyl (C=O) groups is 1. The largest absolute Gasteiger partial charge is 0.484 e. The predicted molar refractivity (Wildman–Crippen MR) is 116 cm³/mol. The van der Waals surface area contributed by atoms with Crippen LogP contribution in [-0.4, -0.2) is 46.6 Å². The van der Waals surface area contributed by atoms with Crippen LogP contribution in [0.5, 0.6) is 5.75 Å². The van der Waals surface area contributed by atoms with Gasteiger partial charge in [-0.05, 0) is 42.8 Å². The van der Waals surface area contributed by atoms with Gasteiger partial charge in [0.15, 0.2) is 12.4 Å². The van der Waals surface area contributed by atoms with Gasteiger partial charge in [-0.2, -0.15) is 0 Å². The fraction of sp³-hybridized carbons (Fsp3) is 0.250. The van der Waals surface area contributed by atoms with E-state index in [2.05, 4.69) is 45.4 Å². The Hall–Kier alpha value is -3.54. The van der Waals surface area contributed by atoms with Crippen molar-refractivity contribution >= 4 is 11.6 Å².